The molecule has 2 atom stereocenters. The van der Waals surface area contributed by atoms with Crippen LogP contribution in [0.4, 0.5) is 5.82 Å². The van der Waals surface area contributed by atoms with Crippen LogP contribution in [0.15, 0.2) is 18.3 Å². The highest BCUT2D eigenvalue weighted by atomic mass is 16.5. The molecule has 1 aliphatic rings. The van der Waals surface area contributed by atoms with E-state index in [0.717, 1.165) is 19.0 Å². The highest BCUT2D eigenvalue weighted by Gasteiger charge is 2.25. The van der Waals surface area contributed by atoms with Crippen LogP contribution in [0.1, 0.15) is 13.8 Å². The van der Waals surface area contributed by atoms with E-state index in [1.54, 1.807) is 6.20 Å². The third-order valence-electron chi connectivity index (χ3n) is 2.53. The van der Waals surface area contributed by atoms with Gasteiger partial charge in [-0.25, -0.2) is 4.98 Å². The Morgan fingerprint density at radius 2 is 2.14 bits per heavy atom. The van der Waals surface area contributed by atoms with Crippen LogP contribution in [0.25, 0.3) is 0 Å². The molecule has 75 valence electrons. The minimum atomic E-state index is 0.397. The van der Waals surface area contributed by atoms with Crippen LogP contribution in [0.3, 0.4) is 0 Å². The first-order valence-corrected chi connectivity index (χ1v) is 4.97. The fourth-order valence-electron chi connectivity index (χ4n) is 1.92. The number of rotatable bonds is 1. The number of ether oxygens (including phenoxy) is 1. The van der Waals surface area contributed by atoms with Gasteiger partial charge in [-0.05, 0) is 26.0 Å². The number of anilines is 1. The molecule has 1 aromatic heterocycles. The van der Waals surface area contributed by atoms with Crippen molar-refractivity contribution in [2.45, 2.75) is 25.9 Å². The minimum Gasteiger partial charge on any atom is -0.377 e. The molecule has 0 aromatic carbocycles. The summed E-state index contributed by atoms with van der Waals surface area (Å²) in [4.78, 5) is 6.62. The number of morpholine rings is 1. The lowest BCUT2D eigenvalue weighted by molar-refractivity contribution is 0.0752. The molecule has 0 N–H and O–H groups in total. The van der Waals surface area contributed by atoms with Crippen molar-refractivity contribution < 1.29 is 4.74 Å². The maximum Gasteiger partial charge on any atom is 0.129 e. The standard InChI is InChI=1S/C11H15N2O/c1-9-7-14-8-10(2)13(9)11-5-3-4-6-12-11/h3,5-6,9-10H,7-8H2,1-2H3. The van der Waals surface area contributed by atoms with Crippen LogP contribution < -0.4 is 4.90 Å². The number of hydrogen-bond donors (Lipinski definition) is 0. The molecule has 1 fully saturated rings. The summed E-state index contributed by atoms with van der Waals surface area (Å²) in [6, 6.07) is 7.62. The molecule has 0 aliphatic carbocycles. The lowest BCUT2D eigenvalue weighted by Crippen LogP contribution is -2.50. The Labute approximate surface area is 84.7 Å². The summed E-state index contributed by atoms with van der Waals surface area (Å²) in [6.45, 7) is 5.89. The molecule has 1 saturated heterocycles. The summed E-state index contributed by atoms with van der Waals surface area (Å²) in [5, 5.41) is 0. The number of pyridine rings is 1. The van der Waals surface area contributed by atoms with Crippen molar-refractivity contribution in [1.82, 2.24) is 4.98 Å². The highest BCUT2D eigenvalue weighted by molar-refractivity contribution is 5.40. The SMILES string of the molecule is CC1COCC(C)N1c1cc[c]cn1. The second-order valence-corrected chi connectivity index (χ2v) is 3.76. The molecule has 2 rings (SSSR count). The van der Waals surface area contributed by atoms with E-state index < -0.39 is 0 Å². The minimum absolute atomic E-state index is 0.397. The normalized spacial score (nSPS) is 27.7. The molecule has 0 bridgehead atoms. The van der Waals surface area contributed by atoms with E-state index in [1.807, 2.05) is 12.1 Å². The Hall–Kier alpha value is -1.09. The number of hydrogen-bond acceptors (Lipinski definition) is 3. The Bertz CT molecular complexity index is 279. The largest absolute Gasteiger partial charge is 0.377 e. The molecule has 14 heavy (non-hydrogen) atoms. The molecule has 3 heteroatoms. The van der Waals surface area contributed by atoms with Gasteiger partial charge in [-0.1, -0.05) is 0 Å². The summed E-state index contributed by atoms with van der Waals surface area (Å²) in [7, 11) is 0. The molecule has 0 amide bonds. The van der Waals surface area contributed by atoms with Crippen molar-refractivity contribution in [3.05, 3.63) is 24.4 Å². The molecule has 2 heterocycles. The Morgan fingerprint density at radius 3 is 2.71 bits per heavy atom. The van der Waals surface area contributed by atoms with Crippen molar-refractivity contribution in [1.29, 1.82) is 0 Å². The zero-order valence-corrected chi connectivity index (χ0v) is 8.60. The average Bonchev–Trinajstić information content (AvgIpc) is 2.19. The molecule has 2 unspecified atom stereocenters. The predicted molar refractivity (Wildman–Crippen MR) is 55.3 cm³/mol. The van der Waals surface area contributed by atoms with Crippen molar-refractivity contribution >= 4 is 5.82 Å². The first-order chi connectivity index (χ1) is 6.79. The van der Waals surface area contributed by atoms with Gasteiger partial charge in [0.15, 0.2) is 0 Å². The third-order valence-corrected chi connectivity index (χ3v) is 2.53. The molecule has 1 aliphatic heterocycles. The van der Waals surface area contributed by atoms with Gasteiger partial charge in [-0.15, -0.1) is 0 Å². The third kappa shape index (κ3) is 1.73. The Morgan fingerprint density at radius 1 is 1.43 bits per heavy atom. The van der Waals surface area contributed by atoms with E-state index in [1.165, 1.54) is 0 Å². The number of aromatic nitrogens is 1. The summed E-state index contributed by atoms with van der Waals surface area (Å²) in [5.74, 6) is 1.02. The van der Waals surface area contributed by atoms with Crippen LogP contribution in [0.2, 0.25) is 0 Å². The summed E-state index contributed by atoms with van der Waals surface area (Å²) >= 11 is 0. The van der Waals surface area contributed by atoms with E-state index in [0.29, 0.717) is 12.1 Å². The zero-order valence-electron chi connectivity index (χ0n) is 8.60. The highest BCUT2D eigenvalue weighted by Crippen LogP contribution is 2.20. The second kappa shape index (κ2) is 3.96. The van der Waals surface area contributed by atoms with Gasteiger partial charge in [0.2, 0.25) is 0 Å². The van der Waals surface area contributed by atoms with Gasteiger partial charge in [0.25, 0.3) is 0 Å². The molecular formula is C11H15N2O. The Kier molecular flexibility index (Phi) is 2.68. The van der Waals surface area contributed by atoms with Crippen LogP contribution in [-0.4, -0.2) is 30.3 Å². The van der Waals surface area contributed by atoms with E-state index in [2.05, 4.69) is 29.8 Å². The first-order valence-electron chi connectivity index (χ1n) is 4.97. The summed E-state index contributed by atoms with van der Waals surface area (Å²) in [6.07, 6.45) is 1.71. The van der Waals surface area contributed by atoms with Crippen LogP contribution in [-0.2, 0) is 4.74 Å². The van der Waals surface area contributed by atoms with Crippen molar-refractivity contribution in [2.24, 2.45) is 0 Å². The fraction of sp³-hybridized carbons (Fsp3) is 0.545. The van der Waals surface area contributed by atoms with E-state index in [-0.39, 0.29) is 0 Å². The van der Waals surface area contributed by atoms with Gasteiger partial charge in [0, 0.05) is 12.3 Å². The fourth-order valence-corrected chi connectivity index (χ4v) is 1.92. The van der Waals surface area contributed by atoms with Crippen molar-refractivity contribution in [2.75, 3.05) is 18.1 Å². The first kappa shape index (κ1) is 9.46. The van der Waals surface area contributed by atoms with Gasteiger partial charge in [0.1, 0.15) is 5.82 Å². The lowest BCUT2D eigenvalue weighted by Gasteiger charge is -2.39. The van der Waals surface area contributed by atoms with Crippen molar-refractivity contribution in [3.63, 3.8) is 0 Å². The van der Waals surface area contributed by atoms with Crippen LogP contribution >= 0.6 is 0 Å². The van der Waals surface area contributed by atoms with E-state index in [9.17, 15) is 0 Å². The maximum absolute atomic E-state index is 5.47. The summed E-state index contributed by atoms with van der Waals surface area (Å²) in [5.41, 5.74) is 0. The molecule has 0 saturated carbocycles. The average molecular weight is 191 g/mol. The smallest absolute Gasteiger partial charge is 0.129 e. The summed E-state index contributed by atoms with van der Waals surface area (Å²) < 4.78 is 5.47. The van der Waals surface area contributed by atoms with Gasteiger partial charge in [0.05, 0.1) is 25.3 Å². The second-order valence-electron chi connectivity index (χ2n) is 3.76. The topological polar surface area (TPSA) is 25.4 Å². The molecular weight excluding hydrogens is 176 g/mol. The molecule has 1 aromatic rings. The monoisotopic (exact) mass is 191 g/mol. The lowest BCUT2D eigenvalue weighted by atomic mass is 10.1. The molecule has 3 nitrogen and oxygen atoms in total. The van der Waals surface area contributed by atoms with Gasteiger partial charge < -0.3 is 9.64 Å². The quantitative estimate of drug-likeness (QED) is 0.672. The zero-order chi connectivity index (χ0) is 9.97. The van der Waals surface area contributed by atoms with Gasteiger partial charge in [-0.3, -0.25) is 0 Å². The van der Waals surface area contributed by atoms with E-state index >= 15 is 0 Å². The maximum atomic E-state index is 5.47. The predicted octanol–water partition coefficient (Wildman–Crippen LogP) is 1.50. The van der Waals surface area contributed by atoms with E-state index in [4.69, 9.17) is 4.74 Å². The van der Waals surface area contributed by atoms with Gasteiger partial charge >= 0.3 is 0 Å². The van der Waals surface area contributed by atoms with Gasteiger partial charge in [-0.2, -0.15) is 0 Å². The van der Waals surface area contributed by atoms with Crippen LogP contribution in [0, 0.1) is 6.07 Å². The van der Waals surface area contributed by atoms with Crippen LogP contribution in [0.5, 0.6) is 0 Å². The molecule has 0 spiro atoms. The molecule has 1 radical (unpaired) electrons. The number of nitrogens with zero attached hydrogens (tertiary/aromatic N) is 2. The van der Waals surface area contributed by atoms with Crippen molar-refractivity contribution in [3.8, 4) is 0 Å². The Balaban J connectivity index is 2.23.